The van der Waals surface area contributed by atoms with Gasteiger partial charge in [-0.1, -0.05) is 30.3 Å². The summed E-state index contributed by atoms with van der Waals surface area (Å²) in [5, 5.41) is 0. The molecular weight excluding hydrogens is 190 g/mol. The van der Waals surface area contributed by atoms with E-state index in [0.29, 0.717) is 19.7 Å². The number of hydrogen-bond donors (Lipinski definition) is 0. The van der Waals surface area contributed by atoms with Crippen LogP contribution in [0.1, 0.15) is 18.6 Å². The van der Waals surface area contributed by atoms with Crippen LogP contribution in [0.3, 0.4) is 0 Å². The molecule has 1 aromatic rings. The van der Waals surface area contributed by atoms with Crippen molar-refractivity contribution in [3.8, 4) is 0 Å². The molecule has 1 aliphatic rings. The van der Waals surface area contributed by atoms with Gasteiger partial charge in [-0.15, -0.1) is 0 Å². The Labute approximate surface area is 89.7 Å². The number of hydrogen-bond acceptors (Lipinski definition) is 2. The van der Waals surface area contributed by atoms with E-state index in [9.17, 15) is 4.79 Å². The number of nitrogens with zero attached hydrogens (tertiary/aromatic N) is 1. The number of benzene rings is 1. The number of carbonyl (C=O) groups excluding carboxylic acids is 1. The van der Waals surface area contributed by atoms with Gasteiger partial charge in [0.05, 0.1) is 13.2 Å². The largest absolute Gasteiger partial charge is 0.370 e. The second-order valence-electron chi connectivity index (χ2n) is 3.74. The predicted molar refractivity (Wildman–Crippen MR) is 57.4 cm³/mol. The van der Waals surface area contributed by atoms with Gasteiger partial charge >= 0.3 is 0 Å². The van der Waals surface area contributed by atoms with E-state index < -0.39 is 0 Å². The molecule has 0 saturated carbocycles. The van der Waals surface area contributed by atoms with Gasteiger partial charge in [-0.05, 0) is 5.56 Å². The van der Waals surface area contributed by atoms with Crippen molar-refractivity contribution in [2.45, 2.75) is 13.0 Å². The van der Waals surface area contributed by atoms with Crippen LogP contribution in [0.5, 0.6) is 0 Å². The van der Waals surface area contributed by atoms with Crippen LogP contribution in [-0.2, 0) is 9.53 Å². The van der Waals surface area contributed by atoms with E-state index in [1.807, 2.05) is 35.2 Å². The molecule has 0 radical (unpaired) electrons. The lowest BCUT2D eigenvalue weighted by atomic mass is 10.1. The Balaban J connectivity index is 2.08. The van der Waals surface area contributed by atoms with Gasteiger partial charge in [0.2, 0.25) is 5.91 Å². The van der Waals surface area contributed by atoms with E-state index in [1.165, 1.54) is 0 Å². The monoisotopic (exact) mass is 205 g/mol. The van der Waals surface area contributed by atoms with Crippen LogP contribution in [0.2, 0.25) is 0 Å². The van der Waals surface area contributed by atoms with Gasteiger partial charge in [0.1, 0.15) is 6.10 Å². The van der Waals surface area contributed by atoms with Crippen molar-refractivity contribution in [1.29, 1.82) is 0 Å². The Morgan fingerprint density at radius 1 is 1.40 bits per heavy atom. The number of carbonyl (C=O) groups is 1. The van der Waals surface area contributed by atoms with E-state index in [4.69, 9.17) is 4.74 Å². The number of morpholine rings is 1. The highest BCUT2D eigenvalue weighted by Crippen LogP contribution is 2.21. The molecule has 1 aliphatic heterocycles. The van der Waals surface area contributed by atoms with E-state index in [0.717, 1.165) is 5.56 Å². The zero-order valence-corrected chi connectivity index (χ0v) is 8.85. The van der Waals surface area contributed by atoms with Crippen LogP contribution in [0.4, 0.5) is 0 Å². The van der Waals surface area contributed by atoms with Crippen molar-refractivity contribution >= 4 is 5.91 Å². The zero-order valence-electron chi connectivity index (χ0n) is 8.85. The Morgan fingerprint density at radius 2 is 2.13 bits per heavy atom. The molecule has 1 saturated heterocycles. The number of rotatable bonds is 1. The minimum absolute atomic E-state index is 0.0313. The lowest BCUT2D eigenvalue weighted by molar-refractivity contribution is -0.136. The predicted octanol–water partition coefficient (Wildman–Crippen LogP) is 1.61. The van der Waals surface area contributed by atoms with Crippen molar-refractivity contribution in [3.63, 3.8) is 0 Å². The van der Waals surface area contributed by atoms with Crippen molar-refractivity contribution in [3.05, 3.63) is 35.9 Å². The molecule has 3 nitrogen and oxygen atoms in total. The number of amides is 1. The third kappa shape index (κ3) is 2.36. The lowest BCUT2D eigenvalue weighted by Gasteiger charge is -2.32. The second-order valence-corrected chi connectivity index (χ2v) is 3.74. The quantitative estimate of drug-likeness (QED) is 0.697. The molecule has 0 aliphatic carbocycles. The van der Waals surface area contributed by atoms with Crippen molar-refractivity contribution in [2.75, 3.05) is 19.7 Å². The van der Waals surface area contributed by atoms with Crippen LogP contribution >= 0.6 is 0 Å². The first-order valence-electron chi connectivity index (χ1n) is 5.19. The topological polar surface area (TPSA) is 29.5 Å². The van der Waals surface area contributed by atoms with Crippen LogP contribution in [-0.4, -0.2) is 30.5 Å². The number of ether oxygens (including phenoxy) is 1. The summed E-state index contributed by atoms with van der Waals surface area (Å²) in [5.74, 6) is 0.124. The van der Waals surface area contributed by atoms with Crippen LogP contribution in [0, 0.1) is 0 Å². The van der Waals surface area contributed by atoms with Crippen LogP contribution in [0.15, 0.2) is 30.3 Å². The Kier molecular flexibility index (Phi) is 3.02. The standard InChI is InChI=1S/C12H15NO2/c1-10(14)13-7-8-15-12(9-13)11-5-3-2-4-6-11/h2-6,12H,7-9H2,1H3/t12-/m0/s1. The molecule has 15 heavy (non-hydrogen) atoms. The summed E-state index contributed by atoms with van der Waals surface area (Å²) in [7, 11) is 0. The van der Waals surface area contributed by atoms with Gasteiger partial charge in [0.25, 0.3) is 0 Å². The molecule has 80 valence electrons. The molecule has 0 spiro atoms. The minimum Gasteiger partial charge on any atom is -0.370 e. The summed E-state index contributed by atoms with van der Waals surface area (Å²) in [6.45, 7) is 3.60. The van der Waals surface area contributed by atoms with E-state index in [1.54, 1.807) is 6.92 Å². The first-order valence-corrected chi connectivity index (χ1v) is 5.19. The van der Waals surface area contributed by atoms with E-state index in [2.05, 4.69) is 0 Å². The summed E-state index contributed by atoms with van der Waals surface area (Å²) in [6.07, 6.45) is 0.0313. The first kappa shape index (κ1) is 10.2. The first-order chi connectivity index (χ1) is 7.27. The molecule has 1 aromatic carbocycles. The maximum absolute atomic E-state index is 11.2. The molecule has 0 N–H and O–H groups in total. The Morgan fingerprint density at radius 3 is 2.80 bits per heavy atom. The average molecular weight is 205 g/mol. The SMILES string of the molecule is CC(=O)N1CCO[C@H](c2ccccc2)C1. The molecular formula is C12H15NO2. The highest BCUT2D eigenvalue weighted by Gasteiger charge is 2.22. The van der Waals surface area contributed by atoms with Crippen molar-refractivity contribution < 1.29 is 9.53 Å². The molecule has 0 unspecified atom stereocenters. The fourth-order valence-electron chi connectivity index (χ4n) is 1.80. The molecule has 1 fully saturated rings. The molecule has 1 amide bonds. The average Bonchev–Trinajstić information content (AvgIpc) is 2.30. The maximum atomic E-state index is 11.2. The molecule has 0 bridgehead atoms. The highest BCUT2D eigenvalue weighted by molar-refractivity contribution is 5.73. The minimum atomic E-state index is 0.0313. The summed E-state index contributed by atoms with van der Waals surface area (Å²) < 4.78 is 5.65. The summed E-state index contributed by atoms with van der Waals surface area (Å²) in [4.78, 5) is 13.1. The normalized spacial score (nSPS) is 21.4. The van der Waals surface area contributed by atoms with Gasteiger partial charge < -0.3 is 9.64 Å². The smallest absolute Gasteiger partial charge is 0.219 e. The summed E-state index contributed by atoms with van der Waals surface area (Å²) in [6, 6.07) is 10.0. The Bertz CT molecular complexity index is 337. The molecule has 0 aromatic heterocycles. The lowest BCUT2D eigenvalue weighted by Crippen LogP contribution is -2.41. The van der Waals surface area contributed by atoms with Crippen LogP contribution < -0.4 is 0 Å². The van der Waals surface area contributed by atoms with Gasteiger partial charge in [-0.3, -0.25) is 4.79 Å². The van der Waals surface area contributed by atoms with Gasteiger partial charge in [-0.25, -0.2) is 0 Å². The Hall–Kier alpha value is -1.35. The maximum Gasteiger partial charge on any atom is 0.219 e. The molecule has 3 heteroatoms. The molecule has 2 rings (SSSR count). The van der Waals surface area contributed by atoms with Crippen molar-refractivity contribution in [1.82, 2.24) is 4.90 Å². The van der Waals surface area contributed by atoms with E-state index in [-0.39, 0.29) is 12.0 Å². The summed E-state index contributed by atoms with van der Waals surface area (Å²) >= 11 is 0. The van der Waals surface area contributed by atoms with Crippen molar-refractivity contribution in [2.24, 2.45) is 0 Å². The second kappa shape index (κ2) is 4.45. The summed E-state index contributed by atoms with van der Waals surface area (Å²) in [5.41, 5.74) is 1.14. The van der Waals surface area contributed by atoms with Gasteiger partial charge in [0, 0.05) is 13.5 Å². The highest BCUT2D eigenvalue weighted by atomic mass is 16.5. The van der Waals surface area contributed by atoms with Gasteiger partial charge in [-0.2, -0.15) is 0 Å². The van der Waals surface area contributed by atoms with Crippen LogP contribution in [0.25, 0.3) is 0 Å². The third-order valence-corrected chi connectivity index (χ3v) is 2.68. The van der Waals surface area contributed by atoms with E-state index >= 15 is 0 Å². The van der Waals surface area contributed by atoms with Gasteiger partial charge in [0.15, 0.2) is 0 Å². The zero-order chi connectivity index (χ0) is 10.7. The molecule has 1 heterocycles. The fraction of sp³-hybridized carbons (Fsp3) is 0.417. The fourth-order valence-corrected chi connectivity index (χ4v) is 1.80. The molecule has 1 atom stereocenters. The third-order valence-electron chi connectivity index (χ3n) is 2.68.